The molecule has 0 radical (unpaired) electrons. The van der Waals surface area contributed by atoms with E-state index in [-0.39, 0.29) is 17.7 Å². The van der Waals surface area contributed by atoms with Crippen molar-refractivity contribution >= 4 is 15.7 Å². The summed E-state index contributed by atoms with van der Waals surface area (Å²) in [5.41, 5.74) is 0.654. The molecule has 2 rings (SSSR count). The topological polar surface area (TPSA) is 66.5 Å². The van der Waals surface area contributed by atoms with Gasteiger partial charge in [0.1, 0.15) is 9.84 Å². The van der Waals surface area contributed by atoms with Crippen molar-refractivity contribution in [3.63, 3.8) is 0 Å². The van der Waals surface area contributed by atoms with Crippen LogP contribution >= 0.6 is 0 Å². The second-order valence-corrected chi connectivity index (χ2v) is 8.15. The number of hydrogen-bond acceptors (Lipinski definition) is 4. The van der Waals surface area contributed by atoms with Gasteiger partial charge in [0.2, 0.25) is 0 Å². The van der Waals surface area contributed by atoms with Crippen molar-refractivity contribution in [3.05, 3.63) is 35.9 Å². The number of carbonyl (C=O) groups is 1. The Labute approximate surface area is 132 Å². The van der Waals surface area contributed by atoms with Gasteiger partial charge in [-0.3, -0.25) is 9.69 Å². The van der Waals surface area contributed by atoms with Gasteiger partial charge in [-0.2, -0.15) is 0 Å². The molecule has 0 aliphatic carbocycles. The molecule has 0 unspecified atom stereocenters. The minimum absolute atomic E-state index is 0.0748. The molecule has 6 heteroatoms. The third-order valence-electron chi connectivity index (χ3n) is 4.03. The lowest BCUT2D eigenvalue weighted by Gasteiger charge is -2.35. The van der Waals surface area contributed by atoms with E-state index in [0.29, 0.717) is 18.7 Å². The minimum Gasteiger partial charge on any atom is -0.350 e. The number of rotatable bonds is 6. The largest absolute Gasteiger partial charge is 0.350 e. The lowest BCUT2D eigenvalue weighted by atomic mass is 10.0. The number of nitrogens with one attached hydrogen (secondary N) is 1. The van der Waals surface area contributed by atoms with E-state index in [9.17, 15) is 13.2 Å². The van der Waals surface area contributed by atoms with Gasteiger partial charge in [0.05, 0.1) is 5.75 Å². The molecule has 22 heavy (non-hydrogen) atoms. The van der Waals surface area contributed by atoms with Gasteiger partial charge in [0.15, 0.2) is 0 Å². The molecule has 1 amide bonds. The van der Waals surface area contributed by atoms with Crippen LogP contribution in [0.1, 0.15) is 29.6 Å². The van der Waals surface area contributed by atoms with Crippen LogP contribution in [-0.4, -0.2) is 56.9 Å². The summed E-state index contributed by atoms with van der Waals surface area (Å²) >= 11 is 0. The molecule has 1 aliphatic rings. The van der Waals surface area contributed by atoms with Gasteiger partial charge in [-0.25, -0.2) is 8.42 Å². The normalized spacial score (nSPS) is 19.8. The standard InChI is InChI=1S/C16H24N2O3S/c1-22(20,21)12-11-18-10-6-5-9-15(18)13-17-16(19)14-7-3-2-4-8-14/h2-4,7-8,15H,5-6,9-13H2,1H3,(H,17,19)/t15-/m1/s1. The predicted octanol–water partition coefficient (Wildman–Crippen LogP) is 1.32. The molecule has 5 nitrogen and oxygen atoms in total. The van der Waals surface area contributed by atoms with E-state index < -0.39 is 9.84 Å². The summed E-state index contributed by atoms with van der Waals surface area (Å²) in [7, 11) is -2.95. The van der Waals surface area contributed by atoms with Crippen molar-refractivity contribution in [1.29, 1.82) is 0 Å². The number of nitrogens with zero attached hydrogens (tertiary/aromatic N) is 1. The Bertz CT molecular complexity index is 587. The first kappa shape index (κ1) is 17.0. The van der Waals surface area contributed by atoms with E-state index in [1.54, 1.807) is 12.1 Å². The highest BCUT2D eigenvalue weighted by Gasteiger charge is 2.23. The molecule has 1 aliphatic heterocycles. The van der Waals surface area contributed by atoms with Gasteiger partial charge < -0.3 is 5.32 Å². The average Bonchev–Trinajstić information content (AvgIpc) is 2.51. The van der Waals surface area contributed by atoms with Gasteiger partial charge in [0, 0.05) is 31.0 Å². The maximum Gasteiger partial charge on any atom is 0.251 e. The van der Waals surface area contributed by atoms with Gasteiger partial charge in [-0.1, -0.05) is 24.6 Å². The minimum atomic E-state index is -2.95. The highest BCUT2D eigenvalue weighted by atomic mass is 32.2. The first-order chi connectivity index (χ1) is 10.5. The molecule has 0 aromatic heterocycles. The highest BCUT2D eigenvalue weighted by Crippen LogP contribution is 2.16. The van der Waals surface area contributed by atoms with Crippen molar-refractivity contribution in [3.8, 4) is 0 Å². The van der Waals surface area contributed by atoms with Crippen LogP contribution in [0.25, 0.3) is 0 Å². The summed E-state index contributed by atoms with van der Waals surface area (Å²) in [6.07, 6.45) is 4.48. The molecule has 1 heterocycles. The zero-order valence-corrected chi connectivity index (χ0v) is 13.8. The smallest absolute Gasteiger partial charge is 0.251 e. The van der Waals surface area contributed by atoms with E-state index in [0.717, 1.165) is 25.8 Å². The van der Waals surface area contributed by atoms with Crippen molar-refractivity contribution in [1.82, 2.24) is 10.2 Å². The van der Waals surface area contributed by atoms with E-state index in [1.165, 1.54) is 6.26 Å². The summed E-state index contributed by atoms with van der Waals surface area (Å²) in [6.45, 7) is 2.02. The molecule has 1 aromatic carbocycles. The lowest BCUT2D eigenvalue weighted by Crippen LogP contribution is -2.48. The molecular weight excluding hydrogens is 300 g/mol. The van der Waals surface area contributed by atoms with Crippen LogP contribution in [-0.2, 0) is 9.84 Å². The van der Waals surface area contributed by atoms with Gasteiger partial charge in [0.25, 0.3) is 5.91 Å². The van der Waals surface area contributed by atoms with Crippen LogP contribution in [0, 0.1) is 0 Å². The maximum absolute atomic E-state index is 12.1. The van der Waals surface area contributed by atoms with E-state index >= 15 is 0 Å². The van der Waals surface area contributed by atoms with Crippen LogP contribution < -0.4 is 5.32 Å². The summed E-state index contributed by atoms with van der Waals surface area (Å²) in [5.74, 6) is 0.102. The van der Waals surface area contributed by atoms with Crippen LogP contribution in [0.15, 0.2) is 30.3 Å². The van der Waals surface area contributed by atoms with Gasteiger partial charge in [-0.05, 0) is 31.5 Å². The summed E-state index contributed by atoms with van der Waals surface area (Å²) in [5, 5.41) is 2.97. The van der Waals surface area contributed by atoms with Crippen molar-refractivity contribution < 1.29 is 13.2 Å². The fraction of sp³-hybridized carbons (Fsp3) is 0.562. The third-order valence-corrected chi connectivity index (χ3v) is 4.96. The maximum atomic E-state index is 12.1. The molecule has 1 atom stereocenters. The van der Waals surface area contributed by atoms with Crippen LogP contribution in [0.5, 0.6) is 0 Å². The molecule has 1 N–H and O–H groups in total. The Balaban J connectivity index is 1.87. The number of sulfone groups is 1. The first-order valence-electron chi connectivity index (χ1n) is 7.71. The van der Waals surface area contributed by atoms with E-state index in [4.69, 9.17) is 0 Å². The zero-order chi connectivity index (χ0) is 16.0. The lowest BCUT2D eigenvalue weighted by molar-refractivity contribution is 0.0918. The first-order valence-corrected chi connectivity index (χ1v) is 9.77. The molecular formula is C16H24N2O3S. The molecule has 0 spiro atoms. The van der Waals surface area contributed by atoms with Crippen molar-refractivity contribution in [2.24, 2.45) is 0 Å². The SMILES string of the molecule is CS(=O)(=O)CCN1CCCC[C@@H]1CNC(=O)c1ccccc1. The van der Waals surface area contributed by atoms with E-state index in [2.05, 4.69) is 10.2 Å². The molecule has 0 saturated carbocycles. The average molecular weight is 324 g/mol. The van der Waals surface area contributed by atoms with Crippen molar-refractivity contribution in [2.75, 3.05) is 31.6 Å². The Hall–Kier alpha value is -1.40. The predicted molar refractivity (Wildman–Crippen MR) is 87.7 cm³/mol. The number of piperidine rings is 1. The Morgan fingerprint density at radius 3 is 2.68 bits per heavy atom. The van der Waals surface area contributed by atoms with E-state index in [1.807, 2.05) is 18.2 Å². The summed E-state index contributed by atoms with van der Waals surface area (Å²) in [6, 6.07) is 9.37. The third kappa shape index (κ3) is 5.42. The van der Waals surface area contributed by atoms with Crippen LogP contribution in [0.3, 0.4) is 0 Å². The number of benzene rings is 1. The van der Waals surface area contributed by atoms with Crippen molar-refractivity contribution in [2.45, 2.75) is 25.3 Å². The number of hydrogen-bond donors (Lipinski definition) is 1. The number of likely N-dealkylation sites (tertiary alicyclic amines) is 1. The quantitative estimate of drug-likeness (QED) is 0.857. The Morgan fingerprint density at radius 1 is 1.27 bits per heavy atom. The fourth-order valence-electron chi connectivity index (χ4n) is 2.77. The number of carbonyl (C=O) groups excluding carboxylic acids is 1. The Kier molecular flexibility index (Phi) is 5.97. The molecule has 1 saturated heterocycles. The molecule has 1 fully saturated rings. The summed E-state index contributed by atoms with van der Waals surface area (Å²) < 4.78 is 22.7. The second kappa shape index (κ2) is 7.74. The fourth-order valence-corrected chi connectivity index (χ4v) is 3.34. The zero-order valence-electron chi connectivity index (χ0n) is 13.0. The second-order valence-electron chi connectivity index (χ2n) is 5.89. The molecule has 1 aromatic rings. The van der Waals surface area contributed by atoms with Gasteiger partial charge >= 0.3 is 0 Å². The van der Waals surface area contributed by atoms with Crippen LogP contribution in [0.4, 0.5) is 0 Å². The highest BCUT2D eigenvalue weighted by molar-refractivity contribution is 7.90. The number of amides is 1. The molecule has 0 bridgehead atoms. The van der Waals surface area contributed by atoms with Gasteiger partial charge in [-0.15, -0.1) is 0 Å². The van der Waals surface area contributed by atoms with Crippen LogP contribution in [0.2, 0.25) is 0 Å². The monoisotopic (exact) mass is 324 g/mol. The summed E-state index contributed by atoms with van der Waals surface area (Å²) in [4.78, 5) is 14.3. The Morgan fingerprint density at radius 2 is 2.00 bits per heavy atom. The molecule has 122 valence electrons.